The first-order chi connectivity index (χ1) is 9.41. The normalized spacial score (nSPS) is 18.6. The maximum atomic E-state index is 11.4. The molecule has 0 spiro atoms. The van der Waals surface area contributed by atoms with E-state index in [0.717, 1.165) is 5.56 Å². The number of rotatable bonds is 4. The van der Waals surface area contributed by atoms with Crippen molar-refractivity contribution < 1.29 is 23.1 Å². The van der Waals surface area contributed by atoms with Crippen molar-refractivity contribution in [1.82, 2.24) is 4.90 Å². The number of aromatic carboxylic acids is 1. The van der Waals surface area contributed by atoms with Gasteiger partial charge in [0, 0.05) is 19.6 Å². The van der Waals surface area contributed by atoms with Crippen LogP contribution in [0.5, 0.6) is 5.75 Å². The summed E-state index contributed by atoms with van der Waals surface area (Å²) in [5.74, 6) is -0.392. The molecular weight excluding hydrogens is 282 g/mol. The molecule has 1 aliphatic rings. The lowest BCUT2D eigenvalue weighted by atomic mass is 10.1. The Morgan fingerprint density at radius 3 is 2.55 bits per heavy atom. The molecule has 0 atom stereocenters. The molecule has 0 saturated carbocycles. The fraction of sp³-hybridized carbons (Fsp3) is 0.462. The highest BCUT2D eigenvalue weighted by Gasteiger charge is 2.22. The summed E-state index contributed by atoms with van der Waals surface area (Å²) in [6.07, 6.45) is 0. The van der Waals surface area contributed by atoms with Crippen molar-refractivity contribution in [2.75, 3.05) is 31.7 Å². The third-order valence-corrected chi connectivity index (χ3v) is 4.95. The van der Waals surface area contributed by atoms with Crippen LogP contribution in [0.3, 0.4) is 0 Å². The summed E-state index contributed by atoms with van der Waals surface area (Å²) in [4.78, 5) is 13.1. The zero-order valence-electron chi connectivity index (χ0n) is 11.2. The Kier molecular flexibility index (Phi) is 4.29. The monoisotopic (exact) mass is 299 g/mol. The Balaban J connectivity index is 2.11. The van der Waals surface area contributed by atoms with Crippen LogP contribution >= 0.6 is 0 Å². The van der Waals surface area contributed by atoms with Crippen molar-refractivity contribution in [1.29, 1.82) is 0 Å². The summed E-state index contributed by atoms with van der Waals surface area (Å²) in [7, 11) is -1.47. The SMILES string of the molecule is COc1ccc(CN2CCS(=O)(=O)CC2)cc1C(=O)O. The molecule has 0 unspecified atom stereocenters. The molecule has 6 nitrogen and oxygen atoms in total. The van der Waals surface area contributed by atoms with Crippen molar-refractivity contribution in [2.24, 2.45) is 0 Å². The minimum Gasteiger partial charge on any atom is -0.496 e. The van der Waals surface area contributed by atoms with Crippen LogP contribution in [-0.2, 0) is 16.4 Å². The van der Waals surface area contributed by atoms with E-state index in [1.807, 2.05) is 4.90 Å². The fourth-order valence-corrected chi connectivity index (χ4v) is 3.46. The van der Waals surface area contributed by atoms with Gasteiger partial charge < -0.3 is 9.84 Å². The Labute approximate surface area is 117 Å². The van der Waals surface area contributed by atoms with Gasteiger partial charge in [0.05, 0.1) is 18.6 Å². The Morgan fingerprint density at radius 1 is 1.35 bits per heavy atom. The molecule has 1 N–H and O–H groups in total. The van der Waals surface area contributed by atoms with Crippen molar-refractivity contribution in [3.05, 3.63) is 29.3 Å². The Morgan fingerprint density at radius 2 is 2.00 bits per heavy atom. The lowest BCUT2D eigenvalue weighted by molar-refractivity contribution is 0.0693. The lowest BCUT2D eigenvalue weighted by Gasteiger charge is -2.26. The predicted molar refractivity (Wildman–Crippen MR) is 73.9 cm³/mol. The maximum absolute atomic E-state index is 11.4. The van der Waals surface area contributed by atoms with E-state index < -0.39 is 15.8 Å². The zero-order valence-corrected chi connectivity index (χ0v) is 12.0. The number of methoxy groups -OCH3 is 1. The summed E-state index contributed by atoms with van der Waals surface area (Å²) in [5, 5.41) is 9.12. The van der Waals surface area contributed by atoms with Crippen LogP contribution in [0.15, 0.2) is 18.2 Å². The van der Waals surface area contributed by atoms with E-state index in [-0.39, 0.29) is 17.1 Å². The number of hydrogen-bond donors (Lipinski definition) is 1. The van der Waals surface area contributed by atoms with Gasteiger partial charge in [-0.2, -0.15) is 0 Å². The van der Waals surface area contributed by atoms with Crippen molar-refractivity contribution in [3.8, 4) is 5.75 Å². The third-order valence-electron chi connectivity index (χ3n) is 3.34. The molecule has 1 aromatic rings. The van der Waals surface area contributed by atoms with Gasteiger partial charge in [0.2, 0.25) is 0 Å². The highest BCUT2D eigenvalue weighted by Crippen LogP contribution is 2.21. The van der Waals surface area contributed by atoms with E-state index >= 15 is 0 Å². The highest BCUT2D eigenvalue weighted by molar-refractivity contribution is 7.91. The summed E-state index contributed by atoms with van der Waals surface area (Å²) >= 11 is 0. The molecule has 0 bridgehead atoms. The molecule has 2 rings (SSSR count). The van der Waals surface area contributed by atoms with Gasteiger partial charge in [0.1, 0.15) is 11.3 Å². The molecule has 1 aliphatic heterocycles. The first kappa shape index (κ1) is 14.8. The number of sulfone groups is 1. The minimum atomic E-state index is -2.90. The van der Waals surface area contributed by atoms with Gasteiger partial charge in [-0.1, -0.05) is 6.07 Å². The predicted octanol–water partition coefficient (Wildman–Crippen LogP) is 0.624. The fourth-order valence-electron chi connectivity index (χ4n) is 2.19. The van der Waals surface area contributed by atoms with E-state index in [4.69, 9.17) is 9.84 Å². The molecule has 20 heavy (non-hydrogen) atoms. The Bertz CT molecular complexity index is 597. The van der Waals surface area contributed by atoms with E-state index in [1.165, 1.54) is 7.11 Å². The van der Waals surface area contributed by atoms with Gasteiger partial charge in [-0.3, -0.25) is 4.90 Å². The highest BCUT2D eigenvalue weighted by atomic mass is 32.2. The third kappa shape index (κ3) is 3.49. The minimum absolute atomic E-state index is 0.120. The molecule has 0 amide bonds. The number of carboxylic acid groups (broad SMARTS) is 1. The second kappa shape index (κ2) is 5.80. The molecule has 1 saturated heterocycles. The molecular formula is C13H17NO5S. The van der Waals surface area contributed by atoms with Crippen LogP contribution < -0.4 is 4.74 Å². The summed E-state index contributed by atoms with van der Waals surface area (Å²) in [6, 6.07) is 5.00. The lowest BCUT2D eigenvalue weighted by Crippen LogP contribution is -2.39. The number of ether oxygens (including phenoxy) is 1. The second-order valence-corrected chi connectivity index (χ2v) is 7.07. The smallest absolute Gasteiger partial charge is 0.339 e. The quantitative estimate of drug-likeness (QED) is 0.877. The average molecular weight is 299 g/mol. The van der Waals surface area contributed by atoms with E-state index in [2.05, 4.69) is 0 Å². The number of benzene rings is 1. The van der Waals surface area contributed by atoms with Crippen molar-refractivity contribution >= 4 is 15.8 Å². The van der Waals surface area contributed by atoms with E-state index in [0.29, 0.717) is 25.4 Å². The molecule has 0 aromatic heterocycles. The van der Waals surface area contributed by atoms with E-state index in [9.17, 15) is 13.2 Å². The van der Waals surface area contributed by atoms with Crippen LogP contribution in [0.25, 0.3) is 0 Å². The zero-order chi connectivity index (χ0) is 14.8. The van der Waals surface area contributed by atoms with Gasteiger partial charge in [0.15, 0.2) is 9.84 Å². The standard InChI is InChI=1S/C13H17NO5S/c1-19-12-3-2-10(8-11(12)13(15)16)9-14-4-6-20(17,18)7-5-14/h2-3,8H,4-7,9H2,1H3,(H,15,16). The molecule has 1 aromatic carbocycles. The first-order valence-electron chi connectivity index (χ1n) is 6.24. The van der Waals surface area contributed by atoms with Crippen LogP contribution in [0.4, 0.5) is 0 Å². The molecule has 1 fully saturated rings. The molecule has 7 heteroatoms. The first-order valence-corrected chi connectivity index (χ1v) is 8.06. The number of nitrogens with zero attached hydrogens (tertiary/aromatic N) is 1. The topological polar surface area (TPSA) is 83.9 Å². The molecule has 0 radical (unpaired) electrons. The Hall–Kier alpha value is -1.60. The van der Waals surface area contributed by atoms with Crippen molar-refractivity contribution in [2.45, 2.75) is 6.54 Å². The molecule has 1 heterocycles. The average Bonchev–Trinajstić information content (AvgIpc) is 2.41. The summed E-state index contributed by atoms with van der Waals surface area (Å²) in [6.45, 7) is 1.51. The van der Waals surface area contributed by atoms with Crippen molar-refractivity contribution in [3.63, 3.8) is 0 Å². The van der Waals surface area contributed by atoms with Gasteiger partial charge in [-0.15, -0.1) is 0 Å². The number of carbonyl (C=O) groups is 1. The summed E-state index contributed by atoms with van der Waals surface area (Å²) < 4.78 is 27.7. The number of carboxylic acids is 1. The summed E-state index contributed by atoms with van der Waals surface area (Å²) in [5.41, 5.74) is 0.956. The van der Waals surface area contributed by atoms with Gasteiger partial charge in [-0.05, 0) is 17.7 Å². The maximum Gasteiger partial charge on any atom is 0.339 e. The largest absolute Gasteiger partial charge is 0.496 e. The van der Waals surface area contributed by atoms with Gasteiger partial charge >= 0.3 is 5.97 Å². The van der Waals surface area contributed by atoms with Crippen LogP contribution in [0, 0.1) is 0 Å². The van der Waals surface area contributed by atoms with Gasteiger partial charge in [-0.25, -0.2) is 13.2 Å². The molecule has 110 valence electrons. The van der Waals surface area contributed by atoms with E-state index in [1.54, 1.807) is 18.2 Å². The van der Waals surface area contributed by atoms with Gasteiger partial charge in [0.25, 0.3) is 0 Å². The second-order valence-electron chi connectivity index (χ2n) is 4.77. The number of hydrogen-bond acceptors (Lipinski definition) is 5. The van der Waals surface area contributed by atoms with Crippen LogP contribution in [-0.4, -0.2) is 56.1 Å². The molecule has 0 aliphatic carbocycles. The van der Waals surface area contributed by atoms with Crippen LogP contribution in [0.2, 0.25) is 0 Å². The van der Waals surface area contributed by atoms with Crippen LogP contribution in [0.1, 0.15) is 15.9 Å².